The number of ketones is 4. The van der Waals surface area contributed by atoms with Crippen molar-refractivity contribution in [3.8, 4) is 5.75 Å². The van der Waals surface area contributed by atoms with Gasteiger partial charge in [0, 0.05) is 40.9 Å². The number of aliphatic hydroxyl groups is 1. The van der Waals surface area contributed by atoms with Crippen LogP contribution < -0.4 is 5.73 Å². The number of methoxy groups -OCH3 is 4. The molecule has 14 heteroatoms. The molecule has 2 saturated carbocycles. The third kappa shape index (κ3) is 5.60. The number of benzene rings is 1. The Balaban J connectivity index is 1.77. The zero-order valence-corrected chi connectivity index (χ0v) is 25.8. The van der Waals surface area contributed by atoms with Gasteiger partial charge in [-0.05, 0) is 50.0 Å². The van der Waals surface area contributed by atoms with Crippen LogP contribution in [0.1, 0.15) is 27.9 Å². The number of Topliss-reactive ketones (excluding diaryl/α,β-unsaturated/α-hetero) is 4. The first-order valence-electron chi connectivity index (χ1n) is 14.3. The number of rotatable bonds is 12. The molecule has 4 rings (SSSR count). The molecule has 3 aliphatic carbocycles. The largest absolute Gasteiger partial charge is 0.507 e. The van der Waals surface area contributed by atoms with Crippen LogP contribution in [-0.4, -0.2) is 129 Å². The van der Waals surface area contributed by atoms with Crippen LogP contribution in [0.4, 0.5) is 0 Å². The van der Waals surface area contributed by atoms with Crippen LogP contribution in [0.2, 0.25) is 0 Å². The molecule has 4 N–H and O–H groups in total. The maximum atomic E-state index is 14.0. The maximum Gasteiger partial charge on any atom is 0.235 e. The molecule has 2 unspecified atom stereocenters. The number of aromatic hydroxyl groups is 1. The fourth-order valence-electron chi connectivity index (χ4n) is 7.17. The van der Waals surface area contributed by atoms with Crippen molar-refractivity contribution in [2.75, 3.05) is 55.6 Å². The van der Waals surface area contributed by atoms with Gasteiger partial charge < -0.3 is 34.9 Å². The van der Waals surface area contributed by atoms with E-state index in [0.29, 0.717) is 24.2 Å². The van der Waals surface area contributed by atoms with Gasteiger partial charge in [0.15, 0.2) is 47.2 Å². The van der Waals surface area contributed by atoms with Gasteiger partial charge in [-0.15, -0.1) is 0 Å². The molecular formula is C30H41N3O11. The smallest absolute Gasteiger partial charge is 0.235 e. The molecule has 0 aliphatic heterocycles. The number of hydrogen-bond acceptors (Lipinski definition) is 13. The van der Waals surface area contributed by atoms with Crippen molar-refractivity contribution >= 4 is 29.0 Å². The third-order valence-electron chi connectivity index (χ3n) is 9.30. The zero-order valence-electron chi connectivity index (χ0n) is 25.8. The van der Waals surface area contributed by atoms with Crippen molar-refractivity contribution in [1.29, 1.82) is 0 Å². The molecule has 0 aromatic heterocycles. The summed E-state index contributed by atoms with van der Waals surface area (Å²) in [6, 6.07) is 1.88. The van der Waals surface area contributed by atoms with Crippen LogP contribution in [-0.2, 0) is 51.1 Å². The summed E-state index contributed by atoms with van der Waals surface area (Å²) in [4.78, 5) is 70.3. The average molecular weight is 620 g/mol. The molecule has 1 aromatic rings. The predicted octanol–water partition coefficient (Wildman–Crippen LogP) is -1.09. The molecule has 44 heavy (non-hydrogen) atoms. The van der Waals surface area contributed by atoms with Gasteiger partial charge in [0.1, 0.15) is 5.75 Å². The summed E-state index contributed by atoms with van der Waals surface area (Å²) in [6.07, 6.45) is -1.07. The van der Waals surface area contributed by atoms with E-state index in [2.05, 4.69) is 0 Å². The monoisotopic (exact) mass is 619 g/mol. The Morgan fingerprint density at radius 3 is 2.07 bits per heavy atom. The first kappa shape index (κ1) is 33.8. The van der Waals surface area contributed by atoms with Gasteiger partial charge in [-0.3, -0.25) is 33.8 Å². The molecule has 0 heterocycles. The Labute approximate surface area is 255 Å². The highest BCUT2D eigenvalue weighted by Gasteiger charge is 2.69. The van der Waals surface area contributed by atoms with E-state index in [9.17, 15) is 34.2 Å². The third-order valence-corrected chi connectivity index (χ3v) is 9.30. The molecule has 0 bridgehead atoms. The lowest BCUT2D eigenvalue weighted by atomic mass is 9.52. The van der Waals surface area contributed by atoms with Crippen LogP contribution >= 0.6 is 0 Å². The minimum atomic E-state index is -2.77. The van der Waals surface area contributed by atoms with E-state index in [4.69, 9.17) is 24.7 Å². The highest BCUT2D eigenvalue weighted by Crippen LogP contribution is 2.51. The quantitative estimate of drug-likeness (QED) is 0.189. The first-order valence-corrected chi connectivity index (χ1v) is 14.3. The molecule has 1 amide bonds. The van der Waals surface area contributed by atoms with Crippen LogP contribution in [0.15, 0.2) is 12.1 Å². The number of phenolic OH excluding ortho intramolecular Hbond substituents is 1. The topological polar surface area (TPSA) is 195 Å². The van der Waals surface area contributed by atoms with E-state index in [0.717, 1.165) is 0 Å². The Hall–Kier alpha value is -3.11. The van der Waals surface area contributed by atoms with Crippen molar-refractivity contribution in [2.45, 2.75) is 43.6 Å². The molecule has 0 spiro atoms. The summed E-state index contributed by atoms with van der Waals surface area (Å²) in [6.45, 7) is 0.864. The summed E-state index contributed by atoms with van der Waals surface area (Å²) in [7, 11) is 9.11. The van der Waals surface area contributed by atoms with E-state index < -0.39 is 76.9 Å². The number of ether oxygens (including phenoxy) is 4. The predicted molar refractivity (Wildman–Crippen MR) is 152 cm³/mol. The Bertz CT molecular complexity index is 1310. The van der Waals surface area contributed by atoms with Gasteiger partial charge in [-0.25, -0.2) is 0 Å². The number of nitrogens with zero attached hydrogens (tertiary/aromatic N) is 2. The van der Waals surface area contributed by atoms with Crippen LogP contribution in [0, 0.1) is 23.7 Å². The number of nitrogens with two attached hydrogens (primary N) is 1. The summed E-state index contributed by atoms with van der Waals surface area (Å²) >= 11 is 0. The SMILES string of the molecule is COC(CN(Cc1ccc(O)c2c1C[C@H]1C[C@H]3[C@@H](N(C)C)C(=O)C(C(N)=O)C(=O)[C@@]3(O)C(=O)C1C2=O)CC(OC)OC)OC. The van der Waals surface area contributed by atoms with Gasteiger partial charge in [0.2, 0.25) is 5.91 Å². The normalized spacial score (nSPS) is 28.6. The Morgan fingerprint density at radius 2 is 1.57 bits per heavy atom. The summed E-state index contributed by atoms with van der Waals surface area (Å²) in [5.41, 5.74) is 3.73. The second kappa shape index (κ2) is 13.1. The standard InChI is InChI=1S/C30H41N3O11/c1-32(2)24-17-10-15-9-16-14(11-33(12-19(41-3)42-4)13-20(43-5)44-6)7-8-18(34)22(16)25(35)21(15)27(37)30(17,40)28(38)23(26(24)36)29(31)39/h7-8,15,17,19-21,23-24,34,40H,9-13H2,1-6H3,(H2,31,39)/t15-,17-,21?,23?,24+,30-/m0/s1. The highest BCUT2D eigenvalue weighted by atomic mass is 16.7. The minimum absolute atomic E-state index is 0.0342. The number of carbonyl (C=O) groups excluding carboxylic acids is 5. The molecule has 6 atom stereocenters. The molecule has 242 valence electrons. The lowest BCUT2D eigenvalue weighted by Gasteiger charge is -2.52. The Kier molecular flexibility index (Phi) is 10.0. The van der Waals surface area contributed by atoms with E-state index in [1.807, 2.05) is 4.90 Å². The molecule has 0 saturated heterocycles. The van der Waals surface area contributed by atoms with Gasteiger partial charge >= 0.3 is 0 Å². The Morgan fingerprint density at radius 1 is 1.00 bits per heavy atom. The van der Waals surface area contributed by atoms with Crippen LogP contribution in [0.3, 0.4) is 0 Å². The van der Waals surface area contributed by atoms with Crippen molar-refractivity contribution in [2.24, 2.45) is 29.4 Å². The van der Waals surface area contributed by atoms with E-state index in [-0.39, 0.29) is 30.7 Å². The van der Waals surface area contributed by atoms with Gasteiger partial charge in [0.05, 0.1) is 30.6 Å². The summed E-state index contributed by atoms with van der Waals surface area (Å²) in [5, 5.41) is 22.6. The second-order valence-electron chi connectivity index (χ2n) is 11.9. The van der Waals surface area contributed by atoms with Crippen molar-refractivity contribution in [3.63, 3.8) is 0 Å². The molecular weight excluding hydrogens is 578 g/mol. The number of amides is 1. The zero-order chi connectivity index (χ0) is 32.7. The minimum Gasteiger partial charge on any atom is -0.507 e. The van der Waals surface area contributed by atoms with Gasteiger partial charge in [0.25, 0.3) is 0 Å². The lowest BCUT2D eigenvalue weighted by Crippen LogP contribution is -2.74. The number of hydrogen-bond donors (Lipinski definition) is 3. The number of primary amides is 1. The molecule has 14 nitrogen and oxygen atoms in total. The fourth-order valence-corrected chi connectivity index (χ4v) is 7.17. The van der Waals surface area contributed by atoms with Gasteiger partial charge in [-0.1, -0.05) is 6.07 Å². The van der Waals surface area contributed by atoms with Gasteiger partial charge in [-0.2, -0.15) is 0 Å². The second-order valence-corrected chi connectivity index (χ2v) is 11.9. The molecule has 1 aromatic carbocycles. The van der Waals surface area contributed by atoms with Crippen molar-refractivity contribution in [3.05, 3.63) is 28.8 Å². The van der Waals surface area contributed by atoms with E-state index in [1.165, 1.54) is 39.4 Å². The lowest BCUT2D eigenvalue weighted by molar-refractivity contribution is -0.181. The van der Waals surface area contributed by atoms with Crippen molar-refractivity contribution < 1.29 is 53.1 Å². The summed E-state index contributed by atoms with van der Waals surface area (Å²) < 4.78 is 21.6. The number of likely N-dealkylation sites (N-methyl/N-ethyl adjacent to an activating group) is 1. The number of phenols is 1. The van der Waals surface area contributed by atoms with Crippen LogP contribution in [0.25, 0.3) is 0 Å². The molecule has 0 radical (unpaired) electrons. The molecule has 3 aliphatic rings. The number of carbonyl (C=O) groups is 5. The van der Waals surface area contributed by atoms with Crippen molar-refractivity contribution in [1.82, 2.24) is 9.80 Å². The first-order chi connectivity index (χ1) is 20.8. The average Bonchev–Trinajstić information content (AvgIpc) is 2.97. The molecule has 2 fully saturated rings. The van der Waals surface area contributed by atoms with Crippen LogP contribution in [0.5, 0.6) is 5.75 Å². The number of fused-ring (bicyclic) bond motifs is 3. The van der Waals surface area contributed by atoms with E-state index in [1.54, 1.807) is 20.2 Å². The van der Waals surface area contributed by atoms with E-state index >= 15 is 0 Å². The maximum absolute atomic E-state index is 14.0. The fraction of sp³-hybridized carbons (Fsp3) is 0.633. The highest BCUT2D eigenvalue weighted by molar-refractivity contribution is 6.32. The summed E-state index contributed by atoms with van der Waals surface area (Å²) in [5.74, 6) is -10.9.